The Kier molecular flexibility index (Phi) is 3.89. The minimum atomic E-state index is -3.50. The highest BCUT2D eigenvalue weighted by Gasteiger charge is 2.25. The van der Waals surface area contributed by atoms with Crippen LogP contribution in [0.5, 0.6) is 0 Å². The molecule has 6 heteroatoms. The normalized spacial score (nSPS) is 20.2. The third-order valence-electron chi connectivity index (χ3n) is 3.17. The first-order chi connectivity index (χ1) is 8.40. The lowest BCUT2D eigenvalue weighted by molar-refractivity contribution is 0.563. The zero-order chi connectivity index (χ0) is 13.3. The van der Waals surface area contributed by atoms with Crippen LogP contribution in [0.4, 0.5) is 5.69 Å². The van der Waals surface area contributed by atoms with Crippen molar-refractivity contribution in [3.63, 3.8) is 0 Å². The van der Waals surface area contributed by atoms with E-state index in [2.05, 4.69) is 4.72 Å². The molecule has 1 heterocycles. The Morgan fingerprint density at radius 2 is 2.00 bits per heavy atom. The Balaban J connectivity index is 2.31. The monoisotopic (exact) mass is 286 g/mol. The Bertz CT molecular complexity index is 549. The summed E-state index contributed by atoms with van der Waals surface area (Å²) in [6, 6.07) is 3.39. The largest absolute Gasteiger partial charge is 0.398 e. The van der Waals surface area contributed by atoms with Crippen molar-refractivity contribution in [3.8, 4) is 0 Å². The molecule has 0 aromatic heterocycles. The van der Waals surface area contributed by atoms with E-state index in [0.717, 1.165) is 29.1 Å². The molecule has 0 amide bonds. The molecule has 2 rings (SSSR count). The van der Waals surface area contributed by atoms with Gasteiger partial charge >= 0.3 is 0 Å². The van der Waals surface area contributed by atoms with Crippen LogP contribution in [0.15, 0.2) is 17.0 Å². The van der Waals surface area contributed by atoms with Crippen molar-refractivity contribution >= 4 is 27.5 Å². The SMILES string of the molecule is Cc1cc(N)c(S(=O)(=O)NC2CCSC2)cc1C. The topological polar surface area (TPSA) is 72.2 Å². The van der Waals surface area contributed by atoms with E-state index in [1.54, 1.807) is 23.9 Å². The molecule has 0 spiro atoms. The predicted molar refractivity (Wildman–Crippen MR) is 76.4 cm³/mol. The molecule has 0 radical (unpaired) electrons. The number of hydrogen-bond acceptors (Lipinski definition) is 4. The Labute approximate surface area is 112 Å². The molecule has 3 N–H and O–H groups in total. The average molecular weight is 286 g/mol. The van der Waals surface area contributed by atoms with Crippen LogP contribution >= 0.6 is 11.8 Å². The predicted octanol–water partition coefficient (Wildman–Crippen LogP) is 1.67. The number of benzene rings is 1. The fourth-order valence-corrected chi connectivity index (χ4v) is 4.68. The molecule has 100 valence electrons. The third-order valence-corrected chi connectivity index (χ3v) is 5.91. The van der Waals surface area contributed by atoms with Gasteiger partial charge in [-0.05, 0) is 49.3 Å². The maximum atomic E-state index is 12.3. The van der Waals surface area contributed by atoms with Gasteiger partial charge in [0.2, 0.25) is 10.0 Å². The number of anilines is 1. The summed E-state index contributed by atoms with van der Waals surface area (Å²) in [5.74, 6) is 1.85. The summed E-state index contributed by atoms with van der Waals surface area (Å²) in [7, 11) is -3.50. The van der Waals surface area contributed by atoms with Crippen molar-refractivity contribution in [1.82, 2.24) is 4.72 Å². The van der Waals surface area contributed by atoms with E-state index in [9.17, 15) is 8.42 Å². The highest BCUT2D eigenvalue weighted by molar-refractivity contribution is 7.99. The number of thioether (sulfide) groups is 1. The lowest BCUT2D eigenvalue weighted by atomic mass is 10.1. The first-order valence-electron chi connectivity index (χ1n) is 5.87. The zero-order valence-electron chi connectivity index (χ0n) is 10.6. The van der Waals surface area contributed by atoms with Gasteiger partial charge in [0, 0.05) is 11.8 Å². The van der Waals surface area contributed by atoms with Crippen LogP contribution in [0.2, 0.25) is 0 Å². The second kappa shape index (κ2) is 5.11. The van der Waals surface area contributed by atoms with Gasteiger partial charge in [0.25, 0.3) is 0 Å². The molecule has 1 saturated heterocycles. The summed E-state index contributed by atoms with van der Waals surface area (Å²) in [6.45, 7) is 3.81. The maximum Gasteiger partial charge on any atom is 0.242 e. The number of nitrogens with two attached hydrogens (primary N) is 1. The van der Waals surface area contributed by atoms with Gasteiger partial charge in [0.1, 0.15) is 4.90 Å². The summed E-state index contributed by atoms with van der Waals surface area (Å²) in [4.78, 5) is 0.197. The highest BCUT2D eigenvalue weighted by atomic mass is 32.2. The van der Waals surface area contributed by atoms with Crippen LogP contribution in [0.3, 0.4) is 0 Å². The Morgan fingerprint density at radius 1 is 1.33 bits per heavy atom. The first kappa shape index (κ1) is 13.7. The molecule has 1 atom stereocenters. The second-order valence-corrected chi connectivity index (χ2v) is 7.49. The first-order valence-corrected chi connectivity index (χ1v) is 8.51. The highest BCUT2D eigenvalue weighted by Crippen LogP contribution is 2.25. The molecule has 1 aliphatic heterocycles. The zero-order valence-corrected chi connectivity index (χ0v) is 12.2. The molecule has 1 aliphatic rings. The number of nitrogens with one attached hydrogen (secondary N) is 1. The molecule has 18 heavy (non-hydrogen) atoms. The fourth-order valence-electron chi connectivity index (χ4n) is 1.96. The number of rotatable bonds is 3. The van der Waals surface area contributed by atoms with Gasteiger partial charge in [-0.15, -0.1) is 0 Å². The minimum Gasteiger partial charge on any atom is -0.398 e. The van der Waals surface area contributed by atoms with E-state index in [4.69, 9.17) is 5.73 Å². The van der Waals surface area contributed by atoms with Crippen LogP contribution in [0.25, 0.3) is 0 Å². The minimum absolute atomic E-state index is 0.0287. The maximum absolute atomic E-state index is 12.3. The summed E-state index contributed by atoms with van der Waals surface area (Å²) in [5.41, 5.74) is 8.08. The lowest BCUT2D eigenvalue weighted by Gasteiger charge is -2.14. The summed E-state index contributed by atoms with van der Waals surface area (Å²) in [5, 5.41) is 0. The van der Waals surface area contributed by atoms with Crippen molar-refractivity contribution < 1.29 is 8.42 Å². The van der Waals surface area contributed by atoms with E-state index in [0.29, 0.717) is 5.69 Å². The van der Waals surface area contributed by atoms with E-state index >= 15 is 0 Å². The Morgan fingerprint density at radius 3 is 2.61 bits per heavy atom. The van der Waals surface area contributed by atoms with Gasteiger partial charge in [0.15, 0.2) is 0 Å². The van der Waals surface area contributed by atoms with Gasteiger partial charge in [-0.25, -0.2) is 13.1 Å². The van der Waals surface area contributed by atoms with Crippen molar-refractivity contribution in [2.24, 2.45) is 0 Å². The number of aryl methyl sites for hydroxylation is 2. The molecular weight excluding hydrogens is 268 g/mol. The van der Waals surface area contributed by atoms with Crippen molar-refractivity contribution in [1.29, 1.82) is 0 Å². The molecule has 0 saturated carbocycles. The van der Waals surface area contributed by atoms with Crippen LogP contribution in [-0.2, 0) is 10.0 Å². The van der Waals surface area contributed by atoms with Crippen LogP contribution < -0.4 is 10.5 Å². The van der Waals surface area contributed by atoms with Crippen LogP contribution in [0, 0.1) is 13.8 Å². The number of hydrogen-bond donors (Lipinski definition) is 2. The quantitative estimate of drug-likeness (QED) is 0.829. The van der Waals surface area contributed by atoms with E-state index in [-0.39, 0.29) is 10.9 Å². The summed E-state index contributed by atoms with van der Waals surface area (Å²) >= 11 is 1.77. The molecule has 4 nitrogen and oxygen atoms in total. The van der Waals surface area contributed by atoms with Crippen molar-refractivity contribution in [2.45, 2.75) is 31.2 Å². The standard InChI is InChI=1S/C12H18N2O2S2/c1-8-5-11(13)12(6-9(8)2)18(15,16)14-10-3-4-17-7-10/h5-6,10,14H,3-4,7,13H2,1-2H3. The molecule has 0 bridgehead atoms. The lowest BCUT2D eigenvalue weighted by Crippen LogP contribution is -2.35. The molecule has 1 fully saturated rings. The molecular formula is C12H18N2O2S2. The number of sulfonamides is 1. The summed E-state index contributed by atoms with van der Waals surface area (Å²) in [6.07, 6.45) is 0.884. The fraction of sp³-hybridized carbons (Fsp3) is 0.500. The Hall–Kier alpha value is -0.720. The molecule has 1 unspecified atom stereocenters. The average Bonchev–Trinajstić information content (AvgIpc) is 2.75. The third kappa shape index (κ3) is 2.81. The van der Waals surface area contributed by atoms with Crippen molar-refractivity contribution in [3.05, 3.63) is 23.3 Å². The second-order valence-electron chi connectivity index (χ2n) is 4.66. The van der Waals surface area contributed by atoms with E-state index in [1.807, 2.05) is 13.8 Å². The smallest absolute Gasteiger partial charge is 0.242 e. The van der Waals surface area contributed by atoms with Crippen LogP contribution in [0.1, 0.15) is 17.5 Å². The van der Waals surface area contributed by atoms with E-state index < -0.39 is 10.0 Å². The van der Waals surface area contributed by atoms with Crippen molar-refractivity contribution in [2.75, 3.05) is 17.2 Å². The summed E-state index contributed by atoms with van der Waals surface area (Å²) < 4.78 is 27.3. The van der Waals surface area contributed by atoms with Gasteiger partial charge in [0.05, 0.1) is 5.69 Å². The molecule has 1 aromatic rings. The van der Waals surface area contributed by atoms with Gasteiger partial charge < -0.3 is 5.73 Å². The van der Waals surface area contributed by atoms with E-state index in [1.165, 1.54) is 0 Å². The van der Waals surface area contributed by atoms with Gasteiger partial charge in [-0.1, -0.05) is 0 Å². The molecule has 1 aromatic carbocycles. The van der Waals surface area contributed by atoms with Gasteiger partial charge in [-0.2, -0.15) is 11.8 Å². The van der Waals surface area contributed by atoms with Gasteiger partial charge in [-0.3, -0.25) is 0 Å². The number of nitrogen functional groups attached to an aromatic ring is 1. The molecule has 0 aliphatic carbocycles. The van der Waals surface area contributed by atoms with Crippen LogP contribution in [-0.4, -0.2) is 26.0 Å².